The fourth-order valence-corrected chi connectivity index (χ4v) is 2.97. The Morgan fingerprint density at radius 3 is 2.84 bits per heavy atom. The van der Waals surface area contributed by atoms with Crippen LogP contribution in [-0.2, 0) is 0 Å². The smallest absolute Gasteiger partial charge is 0.310 e. The normalized spacial score (nSPS) is 13.4. The first kappa shape index (κ1) is 17.0. The Kier molecular flexibility index (Phi) is 4.76. The van der Waals surface area contributed by atoms with E-state index in [-0.39, 0.29) is 17.3 Å². The molecule has 1 N–H and O–H groups in total. The molecule has 1 aliphatic rings. The van der Waals surface area contributed by atoms with Crippen molar-refractivity contribution in [2.24, 2.45) is 0 Å². The number of fused-ring (bicyclic) bond motifs is 1. The first-order chi connectivity index (χ1) is 12.0. The number of amides is 1. The van der Waals surface area contributed by atoms with Gasteiger partial charge in [-0.3, -0.25) is 14.9 Å². The maximum Gasteiger partial charge on any atom is 0.310 e. The number of carbonyl (C=O) groups is 1. The lowest BCUT2D eigenvalue weighted by atomic mass is 10.1. The van der Waals surface area contributed by atoms with Crippen LogP contribution in [0.1, 0.15) is 16.8 Å². The van der Waals surface area contributed by atoms with E-state index in [1.54, 1.807) is 23.1 Å². The molecule has 0 saturated carbocycles. The van der Waals surface area contributed by atoms with Crippen LogP contribution in [0, 0.1) is 10.1 Å². The summed E-state index contributed by atoms with van der Waals surface area (Å²) < 4.78 is 5.05. The highest BCUT2D eigenvalue weighted by molar-refractivity contribution is 6.31. The zero-order chi connectivity index (χ0) is 18.0. The summed E-state index contributed by atoms with van der Waals surface area (Å²) in [4.78, 5) is 25.1. The third kappa shape index (κ3) is 3.36. The van der Waals surface area contributed by atoms with E-state index in [0.717, 1.165) is 24.3 Å². The zero-order valence-corrected chi connectivity index (χ0v) is 14.2. The summed E-state index contributed by atoms with van der Waals surface area (Å²) in [7, 11) is 1.34. The Morgan fingerprint density at radius 2 is 2.12 bits per heavy atom. The van der Waals surface area contributed by atoms with Gasteiger partial charge in [-0.2, -0.15) is 0 Å². The van der Waals surface area contributed by atoms with E-state index >= 15 is 0 Å². The lowest BCUT2D eigenvalue weighted by Gasteiger charge is -2.23. The maximum absolute atomic E-state index is 13.0. The van der Waals surface area contributed by atoms with Crippen molar-refractivity contribution in [1.29, 1.82) is 0 Å². The van der Waals surface area contributed by atoms with E-state index in [1.165, 1.54) is 25.3 Å². The second-order valence-corrected chi connectivity index (χ2v) is 5.98. The number of ether oxygens (including phenoxy) is 1. The van der Waals surface area contributed by atoms with Gasteiger partial charge < -0.3 is 15.0 Å². The number of benzene rings is 2. The number of hydrogen-bond acceptors (Lipinski definition) is 5. The molecule has 130 valence electrons. The van der Waals surface area contributed by atoms with E-state index in [0.29, 0.717) is 17.1 Å². The summed E-state index contributed by atoms with van der Waals surface area (Å²) in [6.07, 6.45) is 0.766. The van der Waals surface area contributed by atoms with Gasteiger partial charge in [0.15, 0.2) is 5.75 Å². The minimum Gasteiger partial charge on any atom is -0.490 e. The van der Waals surface area contributed by atoms with Crippen molar-refractivity contribution in [3.63, 3.8) is 0 Å². The average molecular weight is 362 g/mol. The van der Waals surface area contributed by atoms with Gasteiger partial charge in [0.1, 0.15) is 0 Å². The van der Waals surface area contributed by atoms with Crippen LogP contribution in [0.25, 0.3) is 0 Å². The Bertz CT molecular complexity index is 841. The molecular formula is C17H16ClN3O4. The van der Waals surface area contributed by atoms with Gasteiger partial charge in [-0.05, 0) is 30.7 Å². The molecule has 0 aromatic heterocycles. The quantitative estimate of drug-likeness (QED) is 0.665. The van der Waals surface area contributed by atoms with Gasteiger partial charge in [0, 0.05) is 35.8 Å². The van der Waals surface area contributed by atoms with Crippen LogP contribution in [0.4, 0.5) is 17.1 Å². The highest BCUT2D eigenvalue weighted by Gasteiger charge is 2.25. The number of nitro groups is 1. The Hall–Kier alpha value is -2.80. The Labute approximate surface area is 149 Å². The van der Waals surface area contributed by atoms with Gasteiger partial charge in [0.25, 0.3) is 5.91 Å². The van der Waals surface area contributed by atoms with E-state index in [4.69, 9.17) is 16.3 Å². The fraction of sp³-hybridized carbons (Fsp3) is 0.235. The minimum absolute atomic E-state index is 0.0557. The molecule has 2 aromatic rings. The molecule has 0 aliphatic carbocycles. The number of methoxy groups -OCH3 is 1. The third-order valence-corrected chi connectivity index (χ3v) is 4.23. The van der Waals surface area contributed by atoms with Crippen LogP contribution in [-0.4, -0.2) is 31.0 Å². The lowest BCUT2D eigenvalue weighted by molar-refractivity contribution is -0.385. The van der Waals surface area contributed by atoms with Crippen molar-refractivity contribution in [2.45, 2.75) is 6.42 Å². The molecule has 2 aromatic carbocycles. The SMILES string of the molecule is COc1cc(C(=O)N2CCCNc3cc(Cl)ccc32)ccc1[N+](=O)[O-]. The van der Waals surface area contributed by atoms with Crippen molar-refractivity contribution in [3.05, 3.63) is 57.1 Å². The van der Waals surface area contributed by atoms with E-state index in [1.807, 2.05) is 0 Å². The first-order valence-corrected chi connectivity index (χ1v) is 8.07. The highest BCUT2D eigenvalue weighted by Crippen LogP contribution is 2.33. The summed E-state index contributed by atoms with van der Waals surface area (Å²) in [6.45, 7) is 1.25. The molecule has 0 radical (unpaired) electrons. The van der Waals surface area contributed by atoms with E-state index in [2.05, 4.69) is 5.32 Å². The van der Waals surface area contributed by atoms with Crippen molar-refractivity contribution < 1.29 is 14.5 Å². The number of anilines is 2. The number of hydrogen-bond donors (Lipinski definition) is 1. The number of halogens is 1. The number of nitrogens with zero attached hydrogens (tertiary/aromatic N) is 2. The highest BCUT2D eigenvalue weighted by atomic mass is 35.5. The number of nitrogens with one attached hydrogen (secondary N) is 1. The second kappa shape index (κ2) is 6.98. The lowest BCUT2D eigenvalue weighted by Crippen LogP contribution is -2.31. The first-order valence-electron chi connectivity index (χ1n) is 7.69. The predicted molar refractivity (Wildman–Crippen MR) is 95.9 cm³/mol. The fourth-order valence-electron chi connectivity index (χ4n) is 2.79. The van der Waals surface area contributed by atoms with Crippen molar-refractivity contribution >= 4 is 34.6 Å². The Balaban J connectivity index is 2.00. The van der Waals surface area contributed by atoms with Crippen LogP contribution in [0.2, 0.25) is 5.02 Å². The second-order valence-electron chi connectivity index (χ2n) is 5.54. The van der Waals surface area contributed by atoms with Crippen molar-refractivity contribution in [3.8, 4) is 5.75 Å². The van der Waals surface area contributed by atoms with Gasteiger partial charge in [0.2, 0.25) is 0 Å². The summed E-state index contributed by atoms with van der Waals surface area (Å²) in [5, 5.41) is 14.9. The standard InChI is InChI=1S/C17H16ClN3O4/c1-25-16-9-11(3-5-15(16)21(23)24)17(22)20-8-2-7-19-13-10-12(18)4-6-14(13)20/h3-6,9-10,19H,2,7-8H2,1H3. The number of carbonyl (C=O) groups excluding carboxylic acids is 1. The van der Waals surface area contributed by atoms with Gasteiger partial charge in [0.05, 0.1) is 23.4 Å². The van der Waals surface area contributed by atoms with Gasteiger partial charge >= 0.3 is 5.69 Å². The molecule has 0 bridgehead atoms. The minimum atomic E-state index is -0.541. The summed E-state index contributed by atoms with van der Waals surface area (Å²) >= 11 is 6.04. The molecule has 3 rings (SSSR count). The molecule has 0 spiro atoms. The van der Waals surface area contributed by atoms with Gasteiger partial charge in [-0.25, -0.2) is 0 Å². The molecule has 0 atom stereocenters. The molecule has 0 saturated heterocycles. The van der Waals surface area contributed by atoms with Gasteiger partial charge in [-0.1, -0.05) is 11.6 Å². The van der Waals surface area contributed by atoms with Crippen molar-refractivity contribution in [2.75, 3.05) is 30.4 Å². The van der Waals surface area contributed by atoms with Crippen LogP contribution in [0.15, 0.2) is 36.4 Å². The predicted octanol–water partition coefficient (Wildman–Crippen LogP) is 3.72. The molecule has 8 heteroatoms. The molecule has 0 unspecified atom stereocenters. The topological polar surface area (TPSA) is 84.7 Å². The Morgan fingerprint density at radius 1 is 1.32 bits per heavy atom. The number of rotatable bonds is 3. The molecule has 7 nitrogen and oxygen atoms in total. The molecule has 25 heavy (non-hydrogen) atoms. The largest absolute Gasteiger partial charge is 0.490 e. The molecular weight excluding hydrogens is 346 g/mol. The maximum atomic E-state index is 13.0. The van der Waals surface area contributed by atoms with Gasteiger partial charge in [-0.15, -0.1) is 0 Å². The molecule has 1 amide bonds. The summed E-state index contributed by atoms with van der Waals surface area (Å²) in [5.74, 6) is -0.194. The molecule has 0 fully saturated rings. The third-order valence-electron chi connectivity index (χ3n) is 3.99. The molecule has 1 heterocycles. The van der Waals surface area contributed by atoms with Crippen LogP contribution >= 0.6 is 11.6 Å². The number of nitro benzene ring substituents is 1. The summed E-state index contributed by atoms with van der Waals surface area (Å²) in [6, 6.07) is 9.41. The molecule has 1 aliphatic heterocycles. The van der Waals surface area contributed by atoms with E-state index in [9.17, 15) is 14.9 Å². The van der Waals surface area contributed by atoms with E-state index < -0.39 is 4.92 Å². The van der Waals surface area contributed by atoms with Crippen LogP contribution in [0.5, 0.6) is 5.75 Å². The average Bonchev–Trinajstić information content (AvgIpc) is 2.82. The van der Waals surface area contributed by atoms with Crippen LogP contribution in [0.3, 0.4) is 0 Å². The zero-order valence-electron chi connectivity index (χ0n) is 13.5. The summed E-state index contributed by atoms with van der Waals surface area (Å²) in [5.41, 5.74) is 1.66. The monoisotopic (exact) mass is 361 g/mol. The van der Waals surface area contributed by atoms with Crippen LogP contribution < -0.4 is 15.0 Å². The van der Waals surface area contributed by atoms with Crippen molar-refractivity contribution in [1.82, 2.24) is 0 Å².